The van der Waals surface area contributed by atoms with Crippen LogP contribution in [-0.2, 0) is 13.5 Å². The zero-order valence-corrected chi connectivity index (χ0v) is 8.20. The summed E-state index contributed by atoms with van der Waals surface area (Å²) in [5.74, 6) is 2.66. The van der Waals surface area contributed by atoms with Crippen molar-refractivity contribution in [1.29, 1.82) is 0 Å². The van der Waals surface area contributed by atoms with E-state index in [1.165, 1.54) is 10.9 Å². The van der Waals surface area contributed by atoms with Crippen molar-refractivity contribution in [2.75, 3.05) is 0 Å². The van der Waals surface area contributed by atoms with Crippen LogP contribution in [0.4, 0.5) is 0 Å². The van der Waals surface area contributed by atoms with Crippen molar-refractivity contribution < 1.29 is 0 Å². The second-order valence-electron chi connectivity index (χ2n) is 3.34. The van der Waals surface area contributed by atoms with Gasteiger partial charge >= 0.3 is 0 Å². The molecule has 0 aliphatic heterocycles. The van der Waals surface area contributed by atoms with Crippen LogP contribution in [0, 0.1) is 12.3 Å². The third-order valence-electron chi connectivity index (χ3n) is 2.35. The predicted octanol–water partition coefficient (Wildman–Crippen LogP) is 2.14. The molecule has 14 heavy (non-hydrogen) atoms. The van der Waals surface area contributed by atoms with E-state index in [-0.39, 0.29) is 0 Å². The first kappa shape index (κ1) is 8.83. The lowest BCUT2D eigenvalue weighted by Gasteiger charge is -1.93. The molecule has 70 valence electrons. The molecule has 2 aromatic heterocycles. The zero-order valence-electron chi connectivity index (χ0n) is 8.20. The Morgan fingerprint density at radius 1 is 1.57 bits per heavy atom. The standard InChI is InChI=1S/C12H12N2/c1-3-4-6-10-9-14(2)12-11(10)7-5-8-13-12/h1,5,7-9H,4,6H2,2H3. The van der Waals surface area contributed by atoms with Crippen LogP contribution in [0.2, 0.25) is 0 Å². The lowest BCUT2D eigenvalue weighted by molar-refractivity contribution is 0.929. The number of rotatable bonds is 2. The highest BCUT2D eigenvalue weighted by Crippen LogP contribution is 2.19. The van der Waals surface area contributed by atoms with Gasteiger partial charge in [0.05, 0.1) is 0 Å². The first-order valence-electron chi connectivity index (χ1n) is 4.65. The Labute approximate surface area is 83.6 Å². The van der Waals surface area contributed by atoms with Crippen LogP contribution in [0.3, 0.4) is 0 Å². The van der Waals surface area contributed by atoms with E-state index in [2.05, 4.69) is 23.2 Å². The number of fused-ring (bicyclic) bond motifs is 1. The lowest BCUT2D eigenvalue weighted by atomic mass is 10.1. The van der Waals surface area contributed by atoms with E-state index in [1.807, 2.05) is 23.9 Å². The molecular weight excluding hydrogens is 172 g/mol. The van der Waals surface area contributed by atoms with Gasteiger partial charge in [-0.25, -0.2) is 4.98 Å². The Bertz CT molecular complexity index is 488. The number of hydrogen-bond donors (Lipinski definition) is 0. The van der Waals surface area contributed by atoms with E-state index in [0.717, 1.165) is 18.5 Å². The summed E-state index contributed by atoms with van der Waals surface area (Å²) in [6, 6.07) is 4.05. The maximum atomic E-state index is 5.25. The molecule has 0 aromatic carbocycles. The fraction of sp³-hybridized carbons (Fsp3) is 0.250. The number of aryl methyl sites for hydroxylation is 2. The van der Waals surface area contributed by atoms with Crippen LogP contribution in [-0.4, -0.2) is 9.55 Å². The second kappa shape index (κ2) is 3.55. The van der Waals surface area contributed by atoms with Gasteiger partial charge in [0.2, 0.25) is 0 Å². The third kappa shape index (κ3) is 1.38. The Morgan fingerprint density at radius 2 is 2.43 bits per heavy atom. The smallest absolute Gasteiger partial charge is 0.139 e. The molecule has 2 heterocycles. The summed E-state index contributed by atoms with van der Waals surface area (Å²) in [6.07, 6.45) is 10.9. The SMILES string of the molecule is C#CCCc1cn(C)c2ncccc12. The first-order chi connectivity index (χ1) is 6.83. The molecule has 0 fully saturated rings. The van der Waals surface area contributed by atoms with Crippen molar-refractivity contribution >= 4 is 11.0 Å². The summed E-state index contributed by atoms with van der Waals surface area (Å²) in [6.45, 7) is 0. The quantitative estimate of drug-likeness (QED) is 0.654. The minimum Gasteiger partial charge on any atom is -0.335 e. The van der Waals surface area contributed by atoms with Crippen molar-refractivity contribution in [3.8, 4) is 12.3 Å². The average Bonchev–Trinajstić information content (AvgIpc) is 2.54. The van der Waals surface area contributed by atoms with E-state index in [9.17, 15) is 0 Å². The Balaban J connectivity index is 2.51. The van der Waals surface area contributed by atoms with Crippen LogP contribution >= 0.6 is 0 Å². The highest BCUT2D eigenvalue weighted by atomic mass is 15.0. The van der Waals surface area contributed by atoms with Crippen molar-refractivity contribution in [3.05, 3.63) is 30.1 Å². The highest BCUT2D eigenvalue weighted by Gasteiger charge is 2.05. The maximum absolute atomic E-state index is 5.25. The Morgan fingerprint density at radius 3 is 3.21 bits per heavy atom. The van der Waals surface area contributed by atoms with Gasteiger partial charge in [-0.2, -0.15) is 0 Å². The molecule has 0 saturated heterocycles. The van der Waals surface area contributed by atoms with Gasteiger partial charge in [0.25, 0.3) is 0 Å². The Hall–Kier alpha value is -1.75. The van der Waals surface area contributed by atoms with E-state index in [4.69, 9.17) is 6.42 Å². The van der Waals surface area contributed by atoms with Gasteiger partial charge < -0.3 is 4.57 Å². The molecule has 0 aliphatic carbocycles. The van der Waals surface area contributed by atoms with Crippen LogP contribution in [0.25, 0.3) is 11.0 Å². The number of nitrogens with zero attached hydrogens (tertiary/aromatic N) is 2. The number of terminal acetylenes is 1. The summed E-state index contributed by atoms with van der Waals surface area (Å²) in [4.78, 5) is 4.32. The molecule has 2 aromatic rings. The van der Waals surface area contributed by atoms with E-state index >= 15 is 0 Å². The van der Waals surface area contributed by atoms with Gasteiger partial charge in [-0.15, -0.1) is 12.3 Å². The third-order valence-corrected chi connectivity index (χ3v) is 2.35. The summed E-state index contributed by atoms with van der Waals surface area (Å²) in [7, 11) is 2.01. The monoisotopic (exact) mass is 184 g/mol. The molecule has 0 N–H and O–H groups in total. The second-order valence-corrected chi connectivity index (χ2v) is 3.34. The first-order valence-corrected chi connectivity index (χ1v) is 4.65. The fourth-order valence-electron chi connectivity index (χ4n) is 1.70. The van der Waals surface area contributed by atoms with Crippen molar-refractivity contribution in [2.24, 2.45) is 7.05 Å². The molecule has 0 atom stereocenters. The highest BCUT2D eigenvalue weighted by molar-refractivity contribution is 5.80. The largest absolute Gasteiger partial charge is 0.335 e. The molecule has 0 spiro atoms. The molecule has 2 rings (SSSR count). The number of aromatic nitrogens is 2. The molecule has 0 unspecified atom stereocenters. The fourth-order valence-corrected chi connectivity index (χ4v) is 1.70. The van der Waals surface area contributed by atoms with Gasteiger partial charge in [-0.05, 0) is 24.1 Å². The van der Waals surface area contributed by atoms with E-state index < -0.39 is 0 Å². The summed E-state index contributed by atoms with van der Waals surface area (Å²) >= 11 is 0. The van der Waals surface area contributed by atoms with Crippen molar-refractivity contribution in [2.45, 2.75) is 12.8 Å². The number of pyridine rings is 1. The van der Waals surface area contributed by atoms with Crippen molar-refractivity contribution in [1.82, 2.24) is 9.55 Å². The van der Waals surface area contributed by atoms with Gasteiger partial charge in [-0.3, -0.25) is 0 Å². The van der Waals surface area contributed by atoms with Crippen LogP contribution in [0.1, 0.15) is 12.0 Å². The van der Waals surface area contributed by atoms with Crippen LogP contribution in [0.15, 0.2) is 24.5 Å². The predicted molar refractivity (Wildman–Crippen MR) is 57.9 cm³/mol. The molecule has 2 heteroatoms. The van der Waals surface area contributed by atoms with Gasteiger partial charge in [0.15, 0.2) is 0 Å². The zero-order chi connectivity index (χ0) is 9.97. The molecule has 2 nitrogen and oxygen atoms in total. The summed E-state index contributed by atoms with van der Waals surface area (Å²) in [5.41, 5.74) is 2.31. The summed E-state index contributed by atoms with van der Waals surface area (Å²) < 4.78 is 2.04. The summed E-state index contributed by atoms with van der Waals surface area (Å²) in [5, 5.41) is 1.21. The van der Waals surface area contributed by atoms with Crippen molar-refractivity contribution in [3.63, 3.8) is 0 Å². The molecule has 0 saturated carbocycles. The molecule has 0 radical (unpaired) electrons. The van der Waals surface area contributed by atoms with Gasteiger partial charge in [-0.1, -0.05) is 0 Å². The minimum absolute atomic E-state index is 0.786. The van der Waals surface area contributed by atoms with Crippen LogP contribution in [0.5, 0.6) is 0 Å². The maximum Gasteiger partial charge on any atom is 0.139 e. The average molecular weight is 184 g/mol. The molecule has 0 amide bonds. The molecule has 0 bridgehead atoms. The minimum atomic E-state index is 0.786. The lowest BCUT2D eigenvalue weighted by Crippen LogP contribution is -1.85. The molecular formula is C12H12N2. The van der Waals surface area contributed by atoms with E-state index in [0.29, 0.717) is 0 Å². The topological polar surface area (TPSA) is 17.8 Å². The van der Waals surface area contributed by atoms with Gasteiger partial charge in [0.1, 0.15) is 5.65 Å². The molecule has 0 aliphatic rings. The van der Waals surface area contributed by atoms with Gasteiger partial charge in [0, 0.05) is 31.2 Å². The number of hydrogen-bond acceptors (Lipinski definition) is 1. The normalized spacial score (nSPS) is 10.3. The van der Waals surface area contributed by atoms with Crippen LogP contribution < -0.4 is 0 Å². The Kier molecular flexibility index (Phi) is 2.24. The van der Waals surface area contributed by atoms with E-state index in [1.54, 1.807) is 0 Å².